The predicted octanol–water partition coefficient (Wildman–Crippen LogP) is 2.81. The third-order valence-corrected chi connectivity index (χ3v) is 2.65. The Morgan fingerprint density at radius 2 is 1.70 bits per heavy atom. The van der Waals surface area contributed by atoms with Crippen molar-refractivity contribution in [3.05, 3.63) is 65.0 Å². The molecule has 0 radical (unpaired) electrons. The molecule has 0 aliphatic heterocycles. The number of amides is 1. The average Bonchev–Trinajstić information content (AvgIpc) is 2.39. The number of rotatable bonds is 3. The van der Waals surface area contributed by atoms with Gasteiger partial charge in [0.1, 0.15) is 17.5 Å². The number of halogens is 3. The highest BCUT2D eigenvalue weighted by Crippen LogP contribution is 2.16. The molecule has 6 heteroatoms. The van der Waals surface area contributed by atoms with Crippen molar-refractivity contribution in [2.24, 2.45) is 5.73 Å². The lowest BCUT2D eigenvalue weighted by Crippen LogP contribution is -2.13. The molecule has 2 rings (SSSR count). The van der Waals surface area contributed by atoms with Gasteiger partial charge in [0, 0.05) is 29.4 Å². The molecule has 20 heavy (non-hydrogen) atoms. The van der Waals surface area contributed by atoms with Crippen molar-refractivity contribution >= 4 is 11.6 Å². The fourth-order valence-electron chi connectivity index (χ4n) is 1.70. The average molecular weight is 280 g/mol. The van der Waals surface area contributed by atoms with Gasteiger partial charge in [-0.3, -0.25) is 4.79 Å². The third kappa shape index (κ3) is 3.16. The topological polar surface area (TPSA) is 55.1 Å². The smallest absolute Gasteiger partial charge is 0.255 e. The van der Waals surface area contributed by atoms with Crippen molar-refractivity contribution in [1.82, 2.24) is 0 Å². The van der Waals surface area contributed by atoms with Crippen LogP contribution in [0.1, 0.15) is 15.9 Å². The first-order valence-corrected chi connectivity index (χ1v) is 5.75. The van der Waals surface area contributed by atoms with Crippen molar-refractivity contribution in [2.45, 2.75) is 6.54 Å². The lowest BCUT2D eigenvalue weighted by Gasteiger charge is -2.08. The molecular weight excluding hydrogens is 269 g/mol. The van der Waals surface area contributed by atoms with Crippen molar-refractivity contribution in [2.75, 3.05) is 5.32 Å². The molecule has 0 fully saturated rings. The van der Waals surface area contributed by atoms with Gasteiger partial charge in [0.05, 0.1) is 0 Å². The Bertz CT molecular complexity index is 639. The molecule has 3 nitrogen and oxygen atoms in total. The molecule has 0 atom stereocenters. The number of nitrogens with one attached hydrogen (secondary N) is 1. The molecule has 0 spiro atoms. The van der Waals surface area contributed by atoms with E-state index in [4.69, 9.17) is 5.73 Å². The fraction of sp³-hybridized carbons (Fsp3) is 0.0714. The van der Waals surface area contributed by atoms with Crippen LogP contribution < -0.4 is 11.1 Å². The zero-order chi connectivity index (χ0) is 14.7. The maximum atomic E-state index is 13.2. The second-order valence-corrected chi connectivity index (χ2v) is 4.12. The number of anilines is 1. The molecule has 0 saturated carbocycles. The van der Waals surface area contributed by atoms with E-state index in [0.29, 0.717) is 11.8 Å². The third-order valence-electron chi connectivity index (χ3n) is 2.65. The van der Waals surface area contributed by atoms with Crippen LogP contribution in [-0.2, 0) is 6.54 Å². The van der Waals surface area contributed by atoms with E-state index in [-0.39, 0.29) is 17.7 Å². The summed E-state index contributed by atoms with van der Waals surface area (Å²) in [4.78, 5) is 11.8. The van der Waals surface area contributed by atoms with E-state index in [1.807, 2.05) is 0 Å². The van der Waals surface area contributed by atoms with E-state index in [9.17, 15) is 18.0 Å². The van der Waals surface area contributed by atoms with Gasteiger partial charge in [0.15, 0.2) is 0 Å². The van der Waals surface area contributed by atoms with Crippen LogP contribution in [0.15, 0.2) is 36.4 Å². The lowest BCUT2D eigenvalue weighted by atomic mass is 10.1. The van der Waals surface area contributed by atoms with Gasteiger partial charge in [-0.05, 0) is 30.3 Å². The van der Waals surface area contributed by atoms with Crippen molar-refractivity contribution < 1.29 is 18.0 Å². The number of benzene rings is 2. The maximum Gasteiger partial charge on any atom is 0.255 e. The molecular formula is C14H11F3N2O. The van der Waals surface area contributed by atoms with Crippen molar-refractivity contribution in [1.29, 1.82) is 0 Å². The lowest BCUT2D eigenvalue weighted by molar-refractivity contribution is 0.102. The molecule has 2 aromatic carbocycles. The first-order valence-electron chi connectivity index (χ1n) is 5.75. The molecule has 1 amide bonds. The maximum absolute atomic E-state index is 13.2. The van der Waals surface area contributed by atoms with Crippen LogP contribution in [0.25, 0.3) is 0 Å². The minimum absolute atomic E-state index is 0.0237. The summed E-state index contributed by atoms with van der Waals surface area (Å²) in [7, 11) is 0. The number of carbonyl (C=O) groups is 1. The molecule has 0 aliphatic carbocycles. The standard InChI is InChI=1S/C14H11F3N2O/c15-10-3-8(4-11(16)6-10)14(20)19-12-1-2-13(17)9(5-12)7-18/h1-6H,7,18H2,(H,19,20). The first-order chi connectivity index (χ1) is 9.49. The summed E-state index contributed by atoms with van der Waals surface area (Å²) >= 11 is 0. The predicted molar refractivity (Wildman–Crippen MR) is 68.6 cm³/mol. The van der Waals surface area contributed by atoms with Crippen LogP contribution in [0.5, 0.6) is 0 Å². The van der Waals surface area contributed by atoms with Crippen LogP contribution in [0.4, 0.5) is 18.9 Å². The first kappa shape index (κ1) is 14.1. The van der Waals surface area contributed by atoms with Crippen LogP contribution >= 0.6 is 0 Å². The van der Waals surface area contributed by atoms with Gasteiger partial charge in [-0.2, -0.15) is 0 Å². The minimum atomic E-state index is -0.850. The number of hydrogen-bond acceptors (Lipinski definition) is 2. The Hall–Kier alpha value is -2.34. The van der Waals surface area contributed by atoms with Crippen LogP contribution in [0, 0.1) is 17.5 Å². The molecule has 2 aromatic rings. The van der Waals surface area contributed by atoms with Crippen molar-refractivity contribution in [3.63, 3.8) is 0 Å². The largest absolute Gasteiger partial charge is 0.326 e. The molecule has 3 N–H and O–H groups in total. The van der Waals surface area contributed by atoms with Gasteiger partial charge in [0.25, 0.3) is 5.91 Å². The SMILES string of the molecule is NCc1cc(NC(=O)c2cc(F)cc(F)c2)ccc1F. The highest BCUT2D eigenvalue weighted by Gasteiger charge is 2.10. The number of carbonyl (C=O) groups excluding carboxylic acids is 1. The summed E-state index contributed by atoms with van der Waals surface area (Å²) in [6, 6.07) is 6.34. The highest BCUT2D eigenvalue weighted by atomic mass is 19.1. The van der Waals surface area contributed by atoms with Gasteiger partial charge >= 0.3 is 0 Å². The summed E-state index contributed by atoms with van der Waals surface area (Å²) in [6.07, 6.45) is 0. The fourth-order valence-corrected chi connectivity index (χ4v) is 1.70. The molecule has 0 heterocycles. The van der Waals surface area contributed by atoms with E-state index in [1.54, 1.807) is 0 Å². The monoisotopic (exact) mass is 280 g/mol. The van der Waals surface area contributed by atoms with E-state index in [0.717, 1.165) is 18.2 Å². The Morgan fingerprint density at radius 3 is 2.30 bits per heavy atom. The van der Waals surface area contributed by atoms with Gasteiger partial charge in [0.2, 0.25) is 0 Å². The molecule has 104 valence electrons. The van der Waals surface area contributed by atoms with E-state index in [1.165, 1.54) is 12.1 Å². The Kier molecular flexibility index (Phi) is 4.05. The van der Waals surface area contributed by atoms with E-state index < -0.39 is 23.4 Å². The zero-order valence-electron chi connectivity index (χ0n) is 10.3. The summed E-state index contributed by atoms with van der Waals surface area (Å²) in [5, 5.41) is 2.42. The zero-order valence-corrected chi connectivity index (χ0v) is 10.3. The van der Waals surface area contributed by atoms with E-state index in [2.05, 4.69) is 5.32 Å². The summed E-state index contributed by atoms with van der Waals surface area (Å²) in [5.74, 6) is -2.88. The summed E-state index contributed by atoms with van der Waals surface area (Å²) in [6.45, 7) is -0.0237. The Morgan fingerprint density at radius 1 is 1.05 bits per heavy atom. The highest BCUT2D eigenvalue weighted by molar-refractivity contribution is 6.04. The summed E-state index contributed by atoms with van der Waals surface area (Å²) in [5.41, 5.74) is 5.71. The Labute approximate surface area is 113 Å². The van der Waals surface area contributed by atoms with Gasteiger partial charge < -0.3 is 11.1 Å². The number of nitrogens with two attached hydrogens (primary N) is 1. The second kappa shape index (κ2) is 5.75. The van der Waals surface area contributed by atoms with Crippen LogP contribution in [0.2, 0.25) is 0 Å². The molecule has 0 aliphatic rings. The van der Waals surface area contributed by atoms with Crippen LogP contribution in [-0.4, -0.2) is 5.91 Å². The van der Waals surface area contributed by atoms with Crippen LogP contribution in [0.3, 0.4) is 0 Å². The Balaban J connectivity index is 2.23. The molecule has 0 aromatic heterocycles. The van der Waals surface area contributed by atoms with Gasteiger partial charge in [-0.25, -0.2) is 13.2 Å². The normalized spacial score (nSPS) is 10.4. The number of hydrogen-bond donors (Lipinski definition) is 2. The minimum Gasteiger partial charge on any atom is -0.326 e. The van der Waals surface area contributed by atoms with Gasteiger partial charge in [-0.15, -0.1) is 0 Å². The van der Waals surface area contributed by atoms with Gasteiger partial charge in [-0.1, -0.05) is 0 Å². The van der Waals surface area contributed by atoms with Crippen molar-refractivity contribution in [3.8, 4) is 0 Å². The quantitative estimate of drug-likeness (QED) is 0.908. The second-order valence-electron chi connectivity index (χ2n) is 4.12. The summed E-state index contributed by atoms with van der Waals surface area (Å²) < 4.78 is 39.3. The molecule has 0 bridgehead atoms. The molecule has 0 saturated heterocycles. The molecule has 0 unspecified atom stereocenters. The van der Waals surface area contributed by atoms with E-state index >= 15 is 0 Å².